The number of halogens is 1. The van der Waals surface area contributed by atoms with Crippen LogP contribution in [0.2, 0.25) is 0 Å². The number of aliphatic hydroxyl groups excluding tert-OH is 1. The zero-order valence-corrected chi connectivity index (χ0v) is 13.1. The van der Waals surface area contributed by atoms with Gasteiger partial charge in [0.25, 0.3) is 0 Å². The number of benzene rings is 2. The van der Waals surface area contributed by atoms with Gasteiger partial charge in [0.15, 0.2) is 0 Å². The second-order valence-electron chi connectivity index (χ2n) is 5.01. The molecule has 0 heterocycles. The van der Waals surface area contributed by atoms with Gasteiger partial charge in [0, 0.05) is 13.0 Å². The number of hydrogen-bond acceptors (Lipinski definition) is 3. The van der Waals surface area contributed by atoms with Crippen LogP contribution in [0, 0.1) is 17.7 Å². The molecule has 0 saturated heterocycles. The van der Waals surface area contributed by atoms with Crippen molar-refractivity contribution in [2.24, 2.45) is 0 Å². The number of aliphatic hydroxyl groups is 1. The van der Waals surface area contributed by atoms with Crippen LogP contribution in [0.3, 0.4) is 0 Å². The highest BCUT2D eigenvalue weighted by Crippen LogP contribution is 2.09. The molecule has 2 aromatic carbocycles. The first-order valence-corrected chi connectivity index (χ1v) is 7.52. The number of carbonyl (C=O) groups excluding carboxylic acids is 1. The fourth-order valence-electron chi connectivity index (χ4n) is 1.93. The largest absolute Gasteiger partial charge is 0.445 e. The number of ether oxygens (including phenoxy) is 1. The van der Waals surface area contributed by atoms with E-state index in [1.54, 1.807) is 0 Å². The van der Waals surface area contributed by atoms with Gasteiger partial charge in [0.2, 0.25) is 0 Å². The molecule has 2 N–H and O–H groups in total. The summed E-state index contributed by atoms with van der Waals surface area (Å²) in [6, 6.07) is 13.7. The predicted octanol–water partition coefficient (Wildman–Crippen LogP) is 2.99. The monoisotopic (exact) mass is 327 g/mol. The van der Waals surface area contributed by atoms with Crippen molar-refractivity contribution in [2.45, 2.75) is 19.6 Å². The second kappa shape index (κ2) is 9.33. The minimum absolute atomic E-state index is 0.163. The van der Waals surface area contributed by atoms with E-state index in [0.29, 0.717) is 18.5 Å². The summed E-state index contributed by atoms with van der Waals surface area (Å²) in [6.45, 7) is 0.350. The minimum atomic E-state index is -0.519. The van der Waals surface area contributed by atoms with Gasteiger partial charge in [0.05, 0.1) is 12.2 Å². The van der Waals surface area contributed by atoms with Gasteiger partial charge in [-0.15, -0.1) is 0 Å². The molecule has 0 aliphatic rings. The molecule has 0 aliphatic carbocycles. The van der Waals surface area contributed by atoms with Crippen molar-refractivity contribution < 1.29 is 19.0 Å². The number of nitrogens with one attached hydrogen (secondary N) is 1. The number of carbonyl (C=O) groups is 1. The Morgan fingerprint density at radius 3 is 2.71 bits per heavy atom. The Morgan fingerprint density at radius 1 is 1.17 bits per heavy atom. The fourth-order valence-corrected chi connectivity index (χ4v) is 1.93. The Bertz CT molecular complexity index is 735. The lowest BCUT2D eigenvalue weighted by atomic mass is 10.1. The summed E-state index contributed by atoms with van der Waals surface area (Å²) >= 11 is 0. The summed E-state index contributed by atoms with van der Waals surface area (Å²) in [5.74, 6) is 5.04. The summed E-state index contributed by atoms with van der Waals surface area (Å²) in [4.78, 5) is 11.5. The third-order valence-electron chi connectivity index (χ3n) is 3.17. The van der Waals surface area contributed by atoms with E-state index in [4.69, 9.17) is 9.84 Å². The lowest BCUT2D eigenvalue weighted by Gasteiger charge is -2.05. The van der Waals surface area contributed by atoms with Gasteiger partial charge >= 0.3 is 6.09 Å². The van der Waals surface area contributed by atoms with Gasteiger partial charge in [-0.1, -0.05) is 48.2 Å². The van der Waals surface area contributed by atoms with Crippen LogP contribution >= 0.6 is 0 Å². The summed E-state index contributed by atoms with van der Waals surface area (Å²) < 4.78 is 18.6. The van der Waals surface area contributed by atoms with Crippen molar-refractivity contribution in [3.8, 4) is 11.8 Å². The van der Waals surface area contributed by atoms with Crippen LogP contribution in [0.4, 0.5) is 9.18 Å². The van der Waals surface area contributed by atoms with Gasteiger partial charge in [-0.25, -0.2) is 9.18 Å². The lowest BCUT2D eigenvalue weighted by molar-refractivity contribution is 0.140. The molecule has 0 saturated carbocycles. The summed E-state index contributed by atoms with van der Waals surface area (Å²) in [5.41, 5.74) is 1.74. The third-order valence-corrected chi connectivity index (χ3v) is 3.17. The van der Waals surface area contributed by atoms with E-state index in [1.165, 1.54) is 18.2 Å². The quantitative estimate of drug-likeness (QED) is 0.656. The second-order valence-corrected chi connectivity index (χ2v) is 5.01. The molecule has 24 heavy (non-hydrogen) atoms. The molecule has 0 radical (unpaired) electrons. The molecule has 0 bridgehead atoms. The molecule has 1 amide bonds. The molecule has 4 nitrogen and oxygen atoms in total. The molecular formula is C19H18FNO3. The molecule has 124 valence electrons. The van der Waals surface area contributed by atoms with Crippen LogP contribution in [0.15, 0.2) is 48.5 Å². The van der Waals surface area contributed by atoms with E-state index >= 15 is 0 Å². The minimum Gasteiger partial charge on any atom is -0.445 e. The Kier molecular flexibility index (Phi) is 6.81. The first-order chi connectivity index (χ1) is 11.7. The van der Waals surface area contributed by atoms with Crippen LogP contribution in [-0.4, -0.2) is 17.7 Å². The standard InChI is InChI=1S/C19H18FNO3/c20-18-10-9-16(13-22)12-17(18)8-4-5-11-21-19(23)24-14-15-6-2-1-3-7-15/h1-3,6-7,9-10,12,22H,5,11,13-14H2,(H,21,23). The fraction of sp³-hybridized carbons (Fsp3) is 0.211. The van der Waals surface area contributed by atoms with E-state index in [9.17, 15) is 9.18 Å². The van der Waals surface area contributed by atoms with Crippen LogP contribution in [-0.2, 0) is 18.0 Å². The average molecular weight is 327 g/mol. The van der Waals surface area contributed by atoms with Gasteiger partial charge in [-0.05, 0) is 23.3 Å². The zero-order chi connectivity index (χ0) is 17.2. The molecule has 0 fully saturated rings. The van der Waals surface area contributed by atoms with E-state index in [-0.39, 0.29) is 18.8 Å². The molecule has 0 unspecified atom stereocenters. The van der Waals surface area contributed by atoms with Crippen LogP contribution in [0.5, 0.6) is 0 Å². The topological polar surface area (TPSA) is 58.6 Å². The molecule has 5 heteroatoms. The van der Waals surface area contributed by atoms with E-state index in [0.717, 1.165) is 5.56 Å². The zero-order valence-electron chi connectivity index (χ0n) is 13.1. The Morgan fingerprint density at radius 2 is 1.96 bits per heavy atom. The molecule has 2 aromatic rings. The number of hydrogen-bond donors (Lipinski definition) is 2. The third kappa shape index (κ3) is 5.75. The SMILES string of the molecule is O=C(NCCC#Cc1cc(CO)ccc1F)OCc1ccccc1. The molecular weight excluding hydrogens is 309 g/mol. The maximum atomic E-state index is 13.5. The molecule has 0 atom stereocenters. The van der Waals surface area contributed by atoms with Crippen molar-refractivity contribution in [3.63, 3.8) is 0 Å². The highest BCUT2D eigenvalue weighted by atomic mass is 19.1. The molecule has 0 spiro atoms. The van der Waals surface area contributed by atoms with E-state index in [1.807, 2.05) is 30.3 Å². The average Bonchev–Trinajstić information content (AvgIpc) is 2.62. The molecule has 0 aliphatic heterocycles. The van der Waals surface area contributed by atoms with Crippen molar-refractivity contribution in [2.75, 3.05) is 6.54 Å². The van der Waals surface area contributed by atoms with E-state index < -0.39 is 11.9 Å². The number of alkyl carbamates (subject to hydrolysis) is 1. The first-order valence-electron chi connectivity index (χ1n) is 7.52. The first kappa shape index (κ1) is 17.5. The summed E-state index contributed by atoms with van der Waals surface area (Å²) in [7, 11) is 0. The Labute approximate surface area is 140 Å². The van der Waals surface area contributed by atoms with Gasteiger partial charge in [-0.2, -0.15) is 0 Å². The highest BCUT2D eigenvalue weighted by Gasteiger charge is 2.02. The summed E-state index contributed by atoms with van der Waals surface area (Å²) in [5, 5.41) is 11.6. The smallest absolute Gasteiger partial charge is 0.407 e. The van der Waals surface area contributed by atoms with Crippen LogP contribution < -0.4 is 5.32 Å². The van der Waals surface area contributed by atoms with Crippen LogP contribution in [0.25, 0.3) is 0 Å². The van der Waals surface area contributed by atoms with E-state index in [2.05, 4.69) is 17.2 Å². The van der Waals surface area contributed by atoms with Gasteiger partial charge in [0.1, 0.15) is 12.4 Å². The van der Waals surface area contributed by atoms with Gasteiger partial charge in [-0.3, -0.25) is 0 Å². The maximum Gasteiger partial charge on any atom is 0.407 e. The highest BCUT2D eigenvalue weighted by molar-refractivity contribution is 5.67. The van der Waals surface area contributed by atoms with Gasteiger partial charge < -0.3 is 15.2 Å². The molecule has 0 aromatic heterocycles. The maximum absolute atomic E-state index is 13.5. The normalized spacial score (nSPS) is 9.75. The molecule has 2 rings (SSSR count). The van der Waals surface area contributed by atoms with Crippen molar-refractivity contribution in [1.82, 2.24) is 5.32 Å². The van der Waals surface area contributed by atoms with Crippen molar-refractivity contribution in [3.05, 3.63) is 71.0 Å². The number of amides is 1. The van der Waals surface area contributed by atoms with Crippen molar-refractivity contribution >= 4 is 6.09 Å². The van der Waals surface area contributed by atoms with Crippen molar-refractivity contribution in [1.29, 1.82) is 0 Å². The lowest BCUT2D eigenvalue weighted by Crippen LogP contribution is -2.24. The summed E-state index contributed by atoms with van der Waals surface area (Å²) in [6.07, 6.45) is -0.155. The number of rotatable bonds is 5. The Balaban J connectivity index is 1.72. The Hall–Kier alpha value is -2.84. The predicted molar refractivity (Wildman–Crippen MR) is 88.4 cm³/mol. The van der Waals surface area contributed by atoms with Crippen LogP contribution in [0.1, 0.15) is 23.1 Å².